The van der Waals surface area contributed by atoms with Gasteiger partial charge in [0, 0.05) is 4.47 Å². The van der Waals surface area contributed by atoms with Gasteiger partial charge in [-0.2, -0.15) is 0 Å². The highest BCUT2D eigenvalue weighted by Crippen LogP contribution is 2.39. The van der Waals surface area contributed by atoms with Crippen molar-refractivity contribution in [2.24, 2.45) is 0 Å². The van der Waals surface area contributed by atoms with Gasteiger partial charge >= 0.3 is 0 Å². The molecular weight excluding hydrogens is 510 g/mol. The molecule has 0 bridgehead atoms. The molecule has 1 aliphatic rings. The summed E-state index contributed by atoms with van der Waals surface area (Å²) >= 11 is 7.86. The summed E-state index contributed by atoms with van der Waals surface area (Å²) in [5.74, 6) is 0.842. The molecule has 2 aromatic rings. The molecule has 3 rings (SSSR count). The average Bonchev–Trinajstić information content (AvgIpc) is 2.92. The molecule has 146 valence electrons. The van der Waals surface area contributed by atoms with Crippen molar-refractivity contribution in [3.63, 3.8) is 0 Å². The molecule has 0 saturated carbocycles. The molecule has 1 heterocycles. The predicted octanol–water partition coefficient (Wildman–Crippen LogP) is 5.86. The first-order chi connectivity index (χ1) is 13.4. The topological polar surface area (TPSA) is 55.8 Å². The molecule has 1 saturated heterocycles. The number of halogens is 2. The number of imide groups is 1. The minimum atomic E-state index is -0.310. The van der Waals surface area contributed by atoms with Gasteiger partial charge in [0.1, 0.15) is 0 Å². The Morgan fingerprint density at radius 1 is 1.14 bits per heavy atom. The number of hydrogen-bond donors (Lipinski definition) is 0. The third kappa shape index (κ3) is 4.45. The summed E-state index contributed by atoms with van der Waals surface area (Å²) in [5, 5.41) is -0.288. The van der Waals surface area contributed by atoms with Crippen LogP contribution in [0.15, 0.2) is 50.2 Å². The molecule has 0 aliphatic carbocycles. The van der Waals surface area contributed by atoms with Gasteiger partial charge in [-0.25, -0.2) is 0 Å². The molecule has 0 unspecified atom stereocenters. The third-order valence-corrected chi connectivity index (χ3v) is 6.27. The fourth-order valence-electron chi connectivity index (χ4n) is 2.69. The Kier molecular flexibility index (Phi) is 6.85. The number of carbonyl (C=O) groups is 2. The van der Waals surface area contributed by atoms with Gasteiger partial charge in [0.15, 0.2) is 11.5 Å². The molecule has 0 spiro atoms. The number of thioether (sulfide) groups is 1. The first kappa shape index (κ1) is 21.0. The van der Waals surface area contributed by atoms with E-state index in [0.29, 0.717) is 27.5 Å². The molecule has 5 nitrogen and oxygen atoms in total. The summed E-state index contributed by atoms with van der Waals surface area (Å²) in [6.45, 7) is 2.61. The largest absolute Gasteiger partial charge is 0.493 e. The summed E-state index contributed by atoms with van der Waals surface area (Å²) in [7, 11) is 1.56. The van der Waals surface area contributed by atoms with Crippen molar-refractivity contribution < 1.29 is 19.1 Å². The molecule has 2 aromatic carbocycles. The van der Waals surface area contributed by atoms with Crippen molar-refractivity contribution in [3.8, 4) is 11.5 Å². The van der Waals surface area contributed by atoms with E-state index in [1.54, 1.807) is 19.3 Å². The maximum atomic E-state index is 12.8. The van der Waals surface area contributed by atoms with Crippen molar-refractivity contribution in [1.29, 1.82) is 0 Å². The van der Waals surface area contributed by atoms with Crippen LogP contribution in [0.25, 0.3) is 6.08 Å². The van der Waals surface area contributed by atoms with Crippen LogP contribution >= 0.6 is 43.6 Å². The second-order valence-corrected chi connectivity index (χ2v) is 8.53. The van der Waals surface area contributed by atoms with Gasteiger partial charge in [-0.3, -0.25) is 14.5 Å². The van der Waals surface area contributed by atoms with Crippen LogP contribution < -0.4 is 9.47 Å². The molecular formula is C20H17Br2NO4S. The van der Waals surface area contributed by atoms with E-state index in [-0.39, 0.29) is 17.7 Å². The van der Waals surface area contributed by atoms with E-state index in [9.17, 15) is 9.59 Å². The Labute approximate surface area is 184 Å². The number of carbonyl (C=O) groups excluding carboxylic acids is 2. The van der Waals surface area contributed by atoms with Crippen LogP contribution in [0.1, 0.15) is 18.1 Å². The monoisotopic (exact) mass is 525 g/mol. The van der Waals surface area contributed by atoms with Crippen LogP contribution in [0.5, 0.6) is 11.5 Å². The Hall–Kier alpha value is -1.77. The molecule has 1 fully saturated rings. The SMILES string of the molecule is CCOc1c(Br)cc(/C=C2\SC(=O)N(Cc3ccccc3Br)C2=O)cc1OC. The number of benzene rings is 2. The predicted molar refractivity (Wildman–Crippen MR) is 118 cm³/mol. The second-order valence-electron chi connectivity index (χ2n) is 5.83. The fourth-order valence-corrected chi connectivity index (χ4v) is 4.51. The zero-order valence-corrected chi connectivity index (χ0v) is 19.2. The van der Waals surface area contributed by atoms with Crippen molar-refractivity contribution in [1.82, 2.24) is 4.90 Å². The molecule has 8 heteroatoms. The maximum absolute atomic E-state index is 12.8. The van der Waals surface area contributed by atoms with Gasteiger partial charge in [0.05, 0.1) is 29.6 Å². The lowest BCUT2D eigenvalue weighted by atomic mass is 10.1. The van der Waals surface area contributed by atoms with Crippen LogP contribution in [-0.4, -0.2) is 29.8 Å². The van der Waals surface area contributed by atoms with E-state index >= 15 is 0 Å². The van der Waals surface area contributed by atoms with Crippen molar-refractivity contribution in [3.05, 3.63) is 61.4 Å². The highest BCUT2D eigenvalue weighted by molar-refractivity contribution is 9.10. The lowest BCUT2D eigenvalue weighted by Gasteiger charge is -2.13. The normalized spacial score (nSPS) is 15.4. The number of amides is 2. The first-order valence-electron chi connectivity index (χ1n) is 8.43. The Morgan fingerprint density at radius 3 is 2.57 bits per heavy atom. The van der Waals surface area contributed by atoms with E-state index in [2.05, 4.69) is 31.9 Å². The Morgan fingerprint density at radius 2 is 1.89 bits per heavy atom. The number of hydrogen-bond acceptors (Lipinski definition) is 5. The fraction of sp³-hybridized carbons (Fsp3) is 0.200. The highest BCUT2D eigenvalue weighted by atomic mass is 79.9. The minimum Gasteiger partial charge on any atom is -0.493 e. The van der Waals surface area contributed by atoms with E-state index < -0.39 is 0 Å². The molecule has 0 radical (unpaired) electrons. The standard InChI is InChI=1S/C20H17Br2NO4S/c1-3-27-18-15(22)8-12(9-16(18)26-2)10-17-19(24)23(20(25)28-17)11-13-6-4-5-7-14(13)21/h4-10H,3,11H2,1-2H3/b17-10-. The van der Waals surface area contributed by atoms with E-state index in [4.69, 9.17) is 9.47 Å². The Bertz CT molecular complexity index is 961. The second kappa shape index (κ2) is 9.15. The maximum Gasteiger partial charge on any atom is 0.293 e. The van der Waals surface area contributed by atoms with Crippen molar-refractivity contribution in [2.45, 2.75) is 13.5 Å². The van der Waals surface area contributed by atoms with Gasteiger partial charge < -0.3 is 9.47 Å². The van der Waals surface area contributed by atoms with E-state index in [1.807, 2.05) is 37.3 Å². The van der Waals surface area contributed by atoms with Crippen LogP contribution in [0, 0.1) is 0 Å². The van der Waals surface area contributed by atoms with Crippen molar-refractivity contribution >= 4 is 60.8 Å². The van der Waals surface area contributed by atoms with Crippen molar-refractivity contribution in [2.75, 3.05) is 13.7 Å². The Balaban J connectivity index is 1.87. The average molecular weight is 527 g/mol. The summed E-state index contributed by atoms with van der Waals surface area (Å²) in [4.78, 5) is 26.8. The van der Waals surface area contributed by atoms with Crippen LogP contribution in [0.4, 0.5) is 4.79 Å². The zero-order chi connectivity index (χ0) is 20.3. The summed E-state index contributed by atoms with van der Waals surface area (Å²) < 4.78 is 12.5. The van der Waals surface area contributed by atoms with Gasteiger partial charge in [0.25, 0.3) is 11.1 Å². The van der Waals surface area contributed by atoms with E-state index in [1.165, 1.54) is 4.90 Å². The van der Waals surface area contributed by atoms with Gasteiger partial charge in [-0.1, -0.05) is 34.1 Å². The van der Waals surface area contributed by atoms with Gasteiger partial charge in [0.2, 0.25) is 0 Å². The summed E-state index contributed by atoms with van der Waals surface area (Å²) in [5.41, 5.74) is 1.61. The molecule has 0 N–H and O–H groups in total. The third-order valence-electron chi connectivity index (χ3n) is 4.00. The number of ether oxygens (including phenoxy) is 2. The highest BCUT2D eigenvalue weighted by Gasteiger charge is 2.35. The van der Waals surface area contributed by atoms with Gasteiger partial charge in [-0.05, 0) is 70.0 Å². The molecule has 0 aromatic heterocycles. The van der Waals surface area contributed by atoms with Crippen LogP contribution in [-0.2, 0) is 11.3 Å². The van der Waals surface area contributed by atoms with Crippen LogP contribution in [0.2, 0.25) is 0 Å². The first-order valence-corrected chi connectivity index (χ1v) is 10.8. The molecule has 2 amide bonds. The lowest BCUT2D eigenvalue weighted by Crippen LogP contribution is -2.27. The number of methoxy groups -OCH3 is 1. The zero-order valence-electron chi connectivity index (χ0n) is 15.2. The molecule has 0 atom stereocenters. The smallest absolute Gasteiger partial charge is 0.293 e. The minimum absolute atomic E-state index is 0.222. The van der Waals surface area contributed by atoms with Crippen LogP contribution in [0.3, 0.4) is 0 Å². The van der Waals surface area contributed by atoms with E-state index in [0.717, 1.165) is 27.4 Å². The summed E-state index contributed by atoms with van der Waals surface area (Å²) in [6.07, 6.45) is 1.69. The number of rotatable bonds is 6. The molecule has 28 heavy (non-hydrogen) atoms. The molecule has 1 aliphatic heterocycles. The van der Waals surface area contributed by atoms with Gasteiger partial charge in [-0.15, -0.1) is 0 Å². The number of nitrogens with zero attached hydrogens (tertiary/aromatic N) is 1. The quantitative estimate of drug-likeness (QED) is 0.441. The summed E-state index contributed by atoms with van der Waals surface area (Å²) in [6, 6.07) is 11.1. The lowest BCUT2D eigenvalue weighted by molar-refractivity contribution is -0.123.